The van der Waals surface area contributed by atoms with E-state index in [0.29, 0.717) is 25.3 Å². The minimum absolute atomic E-state index is 0.146. The molecular weight excluding hydrogens is 362 g/mol. The van der Waals surface area contributed by atoms with E-state index in [0.717, 1.165) is 5.56 Å². The summed E-state index contributed by atoms with van der Waals surface area (Å²) < 4.78 is 26.4. The van der Waals surface area contributed by atoms with Crippen molar-refractivity contribution < 1.29 is 13.2 Å². The molecule has 6 nitrogen and oxygen atoms in total. The van der Waals surface area contributed by atoms with Crippen LogP contribution < -0.4 is 5.32 Å². The van der Waals surface area contributed by atoms with Crippen molar-refractivity contribution >= 4 is 21.6 Å². The molecule has 0 aliphatic carbocycles. The van der Waals surface area contributed by atoms with Crippen molar-refractivity contribution in [2.45, 2.75) is 25.3 Å². The van der Waals surface area contributed by atoms with Crippen LogP contribution in [0.2, 0.25) is 0 Å². The van der Waals surface area contributed by atoms with Gasteiger partial charge in [-0.05, 0) is 36.9 Å². The number of nitrogens with zero attached hydrogens (tertiary/aromatic N) is 2. The van der Waals surface area contributed by atoms with E-state index in [-0.39, 0.29) is 17.3 Å². The van der Waals surface area contributed by atoms with Gasteiger partial charge in [0.25, 0.3) is 0 Å². The van der Waals surface area contributed by atoms with E-state index in [9.17, 15) is 13.2 Å². The molecule has 7 heteroatoms. The molecule has 0 radical (unpaired) electrons. The third kappa shape index (κ3) is 5.89. The highest BCUT2D eigenvalue weighted by Crippen LogP contribution is 2.18. The van der Waals surface area contributed by atoms with Gasteiger partial charge in [-0.25, -0.2) is 8.42 Å². The predicted molar refractivity (Wildman–Crippen MR) is 108 cm³/mol. The van der Waals surface area contributed by atoms with Crippen LogP contribution in [0, 0.1) is 0 Å². The van der Waals surface area contributed by atoms with Gasteiger partial charge in [0.1, 0.15) is 0 Å². The standard InChI is InChI=1S/C20H27N3O3S/c1-4-23(5-2)27(25,26)19-13-11-18(12-14-19)21-20(24)16-22(3)15-17-9-7-6-8-10-17/h6-14H,4-5,15-16H2,1-3H3,(H,21,24). The van der Waals surface area contributed by atoms with Crippen LogP contribution in [0.4, 0.5) is 5.69 Å². The van der Waals surface area contributed by atoms with Gasteiger partial charge in [0.05, 0.1) is 11.4 Å². The maximum absolute atomic E-state index is 12.5. The lowest BCUT2D eigenvalue weighted by Crippen LogP contribution is -2.31. The summed E-state index contributed by atoms with van der Waals surface area (Å²) in [6, 6.07) is 16.2. The van der Waals surface area contributed by atoms with Gasteiger partial charge in [-0.3, -0.25) is 9.69 Å². The third-order valence-corrected chi connectivity index (χ3v) is 6.25. The molecule has 0 aromatic heterocycles. The Labute approximate surface area is 161 Å². The van der Waals surface area contributed by atoms with Gasteiger partial charge in [-0.1, -0.05) is 44.2 Å². The molecule has 0 fully saturated rings. The number of amides is 1. The number of hydrogen-bond donors (Lipinski definition) is 1. The van der Waals surface area contributed by atoms with Gasteiger partial charge in [0.15, 0.2) is 0 Å². The van der Waals surface area contributed by atoms with E-state index in [2.05, 4.69) is 5.32 Å². The average molecular weight is 390 g/mol. The third-order valence-electron chi connectivity index (χ3n) is 4.19. The summed E-state index contributed by atoms with van der Waals surface area (Å²) in [6.45, 7) is 5.38. The summed E-state index contributed by atoms with van der Waals surface area (Å²) in [6.07, 6.45) is 0. The number of carbonyl (C=O) groups is 1. The highest BCUT2D eigenvalue weighted by Gasteiger charge is 2.21. The predicted octanol–water partition coefficient (Wildman–Crippen LogP) is 2.79. The van der Waals surface area contributed by atoms with E-state index in [1.807, 2.05) is 56.1 Å². The van der Waals surface area contributed by atoms with Crippen molar-refractivity contribution in [1.82, 2.24) is 9.21 Å². The Morgan fingerprint density at radius 2 is 1.56 bits per heavy atom. The van der Waals surface area contributed by atoms with E-state index in [1.54, 1.807) is 12.1 Å². The van der Waals surface area contributed by atoms with Crippen LogP contribution in [0.1, 0.15) is 19.4 Å². The topological polar surface area (TPSA) is 69.7 Å². The van der Waals surface area contributed by atoms with Crippen LogP contribution in [0.25, 0.3) is 0 Å². The van der Waals surface area contributed by atoms with Gasteiger partial charge in [0, 0.05) is 25.3 Å². The van der Waals surface area contributed by atoms with Crippen LogP contribution in [-0.4, -0.2) is 50.2 Å². The monoisotopic (exact) mass is 389 g/mol. The number of anilines is 1. The zero-order chi connectivity index (χ0) is 19.9. The SMILES string of the molecule is CCN(CC)S(=O)(=O)c1ccc(NC(=O)CN(C)Cc2ccccc2)cc1. The van der Waals surface area contributed by atoms with E-state index < -0.39 is 10.0 Å². The minimum atomic E-state index is -3.49. The Kier molecular flexibility index (Phi) is 7.53. The summed E-state index contributed by atoms with van der Waals surface area (Å²) >= 11 is 0. The normalized spacial score (nSPS) is 11.7. The number of hydrogen-bond acceptors (Lipinski definition) is 4. The average Bonchev–Trinajstić information content (AvgIpc) is 2.63. The van der Waals surface area contributed by atoms with Crippen LogP contribution in [0.3, 0.4) is 0 Å². The zero-order valence-corrected chi connectivity index (χ0v) is 16.9. The van der Waals surface area contributed by atoms with Crippen molar-refractivity contribution in [3.8, 4) is 0 Å². The van der Waals surface area contributed by atoms with Gasteiger partial charge in [0.2, 0.25) is 15.9 Å². The van der Waals surface area contributed by atoms with Crippen molar-refractivity contribution in [3.05, 3.63) is 60.2 Å². The fraction of sp³-hybridized carbons (Fsp3) is 0.350. The fourth-order valence-electron chi connectivity index (χ4n) is 2.82. The second-order valence-electron chi connectivity index (χ2n) is 6.32. The number of benzene rings is 2. The summed E-state index contributed by atoms with van der Waals surface area (Å²) in [5.74, 6) is -0.146. The number of carbonyl (C=O) groups excluding carboxylic acids is 1. The molecular formula is C20H27N3O3S. The maximum atomic E-state index is 12.5. The van der Waals surface area contributed by atoms with Crippen molar-refractivity contribution in [2.75, 3.05) is 32.0 Å². The smallest absolute Gasteiger partial charge is 0.243 e. The van der Waals surface area contributed by atoms with Gasteiger partial charge in [-0.2, -0.15) is 4.31 Å². The maximum Gasteiger partial charge on any atom is 0.243 e. The molecule has 0 heterocycles. The Bertz CT molecular complexity index is 833. The molecule has 0 bridgehead atoms. The molecule has 27 heavy (non-hydrogen) atoms. The Balaban J connectivity index is 1.94. The molecule has 2 aromatic rings. The lowest BCUT2D eigenvalue weighted by molar-refractivity contribution is -0.117. The molecule has 2 aromatic carbocycles. The molecule has 2 rings (SSSR count). The van der Waals surface area contributed by atoms with Crippen molar-refractivity contribution in [1.29, 1.82) is 0 Å². The van der Waals surface area contributed by atoms with E-state index >= 15 is 0 Å². The number of sulfonamides is 1. The molecule has 1 N–H and O–H groups in total. The zero-order valence-electron chi connectivity index (χ0n) is 16.1. The molecule has 0 aliphatic rings. The molecule has 0 saturated carbocycles. The molecule has 1 amide bonds. The molecule has 0 saturated heterocycles. The number of likely N-dealkylation sites (N-methyl/N-ethyl adjacent to an activating group) is 1. The Hall–Kier alpha value is -2.22. The minimum Gasteiger partial charge on any atom is -0.325 e. The Morgan fingerprint density at radius 3 is 2.11 bits per heavy atom. The molecule has 0 spiro atoms. The largest absolute Gasteiger partial charge is 0.325 e. The lowest BCUT2D eigenvalue weighted by Gasteiger charge is -2.19. The summed E-state index contributed by atoms with van der Waals surface area (Å²) in [5.41, 5.74) is 1.71. The van der Waals surface area contributed by atoms with Crippen LogP contribution in [0.5, 0.6) is 0 Å². The molecule has 0 atom stereocenters. The summed E-state index contributed by atoms with van der Waals surface area (Å²) in [5, 5.41) is 2.81. The van der Waals surface area contributed by atoms with Gasteiger partial charge in [-0.15, -0.1) is 0 Å². The summed E-state index contributed by atoms with van der Waals surface area (Å²) in [7, 11) is -1.61. The van der Waals surface area contributed by atoms with Crippen LogP contribution in [0.15, 0.2) is 59.5 Å². The highest BCUT2D eigenvalue weighted by molar-refractivity contribution is 7.89. The number of nitrogens with one attached hydrogen (secondary N) is 1. The van der Waals surface area contributed by atoms with Crippen molar-refractivity contribution in [3.63, 3.8) is 0 Å². The summed E-state index contributed by atoms with van der Waals surface area (Å²) in [4.78, 5) is 14.4. The lowest BCUT2D eigenvalue weighted by atomic mass is 10.2. The molecule has 0 aliphatic heterocycles. The number of rotatable bonds is 9. The second-order valence-corrected chi connectivity index (χ2v) is 8.26. The van der Waals surface area contributed by atoms with Gasteiger partial charge < -0.3 is 5.32 Å². The fourth-order valence-corrected chi connectivity index (χ4v) is 4.28. The first kappa shape index (κ1) is 21.1. The molecule has 0 unspecified atom stereocenters. The van der Waals surface area contributed by atoms with Gasteiger partial charge >= 0.3 is 0 Å². The molecule has 146 valence electrons. The second kappa shape index (κ2) is 9.64. The first-order valence-electron chi connectivity index (χ1n) is 8.99. The quantitative estimate of drug-likeness (QED) is 0.716. The highest BCUT2D eigenvalue weighted by atomic mass is 32.2. The van der Waals surface area contributed by atoms with Crippen LogP contribution in [-0.2, 0) is 21.4 Å². The first-order valence-corrected chi connectivity index (χ1v) is 10.4. The van der Waals surface area contributed by atoms with E-state index in [1.165, 1.54) is 16.4 Å². The van der Waals surface area contributed by atoms with Crippen LogP contribution >= 0.6 is 0 Å². The van der Waals surface area contributed by atoms with Crippen molar-refractivity contribution in [2.24, 2.45) is 0 Å². The Morgan fingerprint density at radius 1 is 0.963 bits per heavy atom. The first-order chi connectivity index (χ1) is 12.9. The van der Waals surface area contributed by atoms with E-state index in [4.69, 9.17) is 0 Å².